The third-order valence-corrected chi connectivity index (χ3v) is 2.15. The van der Waals surface area contributed by atoms with Gasteiger partial charge in [-0.1, -0.05) is 12.9 Å². The second kappa shape index (κ2) is 2.16. The summed E-state index contributed by atoms with van der Waals surface area (Å²) in [7, 11) is 5.66. The van der Waals surface area contributed by atoms with Gasteiger partial charge in [0.25, 0.3) is 0 Å². The molecule has 46 valence electrons. The van der Waals surface area contributed by atoms with Gasteiger partial charge >= 0.3 is 0 Å². The van der Waals surface area contributed by atoms with Gasteiger partial charge in [-0.05, 0) is 18.0 Å². The molecule has 1 rings (SSSR count). The molecule has 0 fully saturated rings. The van der Waals surface area contributed by atoms with Crippen LogP contribution < -0.4 is 0 Å². The highest BCUT2D eigenvalue weighted by Crippen LogP contribution is 2.27. The molecule has 0 saturated heterocycles. The maximum absolute atomic E-state index is 2.30. The van der Waals surface area contributed by atoms with Gasteiger partial charge in [0.05, 0.1) is 0 Å². The van der Waals surface area contributed by atoms with Crippen LogP contribution in [0.25, 0.3) is 0 Å². The monoisotopic (exact) mass is 119 g/mol. The van der Waals surface area contributed by atoms with Gasteiger partial charge in [-0.25, -0.2) is 0 Å². The van der Waals surface area contributed by atoms with Gasteiger partial charge in [0.2, 0.25) is 7.98 Å². The molecule has 1 heterocycles. The molecule has 0 N–H and O–H groups in total. The van der Waals surface area contributed by atoms with Crippen LogP contribution in [0.3, 0.4) is 0 Å². The van der Waals surface area contributed by atoms with E-state index in [9.17, 15) is 0 Å². The summed E-state index contributed by atoms with van der Waals surface area (Å²) in [5.41, 5.74) is 0. The highest BCUT2D eigenvalue weighted by molar-refractivity contribution is 6.54. The maximum atomic E-state index is 2.30. The van der Waals surface area contributed by atoms with Crippen LogP contribution in [0.2, 0.25) is 12.0 Å². The van der Waals surface area contributed by atoms with Crippen molar-refractivity contribution >= 4 is 23.1 Å². The Morgan fingerprint density at radius 3 is 2.67 bits per heavy atom. The number of nitrogens with zero attached hydrogens (tertiary/aromatic N) is 1. The molecular formula is C5H12B3N. The Balaban J connectivity index is 2.57. The average molecular weight is 119 g/mol. The molecule has 0 bridgehead atoms. The van der Waals surface area contributed by atoms with Crippen molar-refractivity contribution in [2.75, 3.05) is 6.54 Å². The highest BCUT2D eigenvalue weighted by Gasteiger charge is 2.24. The van der Waals surface area contributed by atoms with Gasteiger partial charge in [-0.3, -0.25) is 0 Å². The summed E-state index contributed by atoms with van der Waals surface area (Å²) < 4.78 is 0. The molecule has 0 aromatic rings. The van der Waals surface area contributed by atoms with Crippen LogP contribution in [0.1, 0.15) is 0 Å². The maximum Gasteiger partial charge on any atom is 0.216 e. The Morgan fingerprint density at radius 2 is 2.44 bits per heavy atom. The fourth-order valence-corrected chi connectivity index (χ4v) is 1.21. The molecule has 1 unspecified atom stereocenters. The van der Waals surface area contributed by atoms with Crippen molar-refractivity contribution in [3.8, 4) is 0 Å². The summed E-state index contributed by atoms with van der Waals surface area (Å²) in [5.74, 6) is 0. The largest absolute Gasteiger partial charge is 0.428 e. The first kappa shape index (κ1) is 6.85. The highest BCUT2D eigenvalue weighted by atomic mass is 15.0. The molecule has 1 aliphatic heterocycles. The Morgan fingerprint density at radius 1 is 1.78 bits per heavy atom. The zero-order valence-electron chi connectivity index (χ0n) is 6.52. The van der Waals surface area contributed by atoms with E-state index in [-0.39, 0.29) is 0 Å². The van der Waals surface area contributed by atoms with Crippen LogP contribution in [0.5, 0.6) is 0 Å². The fraction of sp³-hybridized carbons (Fsp3) is 0.600. The van der Waals surface area contributed by atoms with Crippen LogP contribution in [-0.2, 0) is 0 Å². The van der Waals surface area contributed by atoms with Crippen LogP contribution in [0, 0.1) is 0 Å². The molecule has 4 heteroatoms. The lowest BCUT2D eigenvalue weighted by molar-refractivity contribution is 0.628. The predicted octanol–water partition coefficient (Wildman–Crippen LogP) is -1.40. The molecule has 0 radical (unpaired) electrons. The van der Waals surface area contributed by atoms with Crippen molar-refractivity contribution in [3.05, 3.63) is 12.3 Å². The average Bonchev–Trinajstić information content (AvgIpc) is 2.13. The van der Waals surface area contributed by atoms with Crippen molar-refractivity contribution in [1.82, 2.24) is 4.81 Å². The third-order valence-electron chi connectivity index (χ3n) is 2.15. The molecule has 0 aromatic heterocycles. The quantitative estimate of drug-likeness (QED) is 0.383. The standard InChI is InChI=1S/C5H12B3N/c1-8-5(6)2-3-9(7)4-5/h2-3,8H,4,6-7H2,1H3. The van der Waals surface area contributed by atoms with Crippen LogP contribution in [-0.4, -0.2) is 34.5 Å². The minimum Gasteiger partial charge on any atom is -0.428 e. The summed E-state index contributed by atoms with van der Waals surface area (Å²) >= 11 is 0. The summed E-state index contributed by atoms with van der Waals surface area (Å²) in [6.45, 7) is 3.42. The Labute approximate surface area is 59.6 Å². The predicted molar refractivity (Wildman–Crippen MR) is 48.6 cm³/mol. The molecule has 1 atom stereocenters. The van der Waals surface area contributed by atoms with Gasteiger partial charge < -0.3 is 4.81 Å². The SMILES string of the molecule is BN1C=CC(B)(BC)C1. The van der Waals surface area contributed by atoms with E-state index < -0.39 is 0 Å². The van der Waals surface area contributed by atoms with E-state index in [4.69, 9.17) is 0 Å². The molecule has 0 saturated carbocycles. The molecular weight excluding hydrogens is 106 g/mol. The fourth-order valence-electron chi connectivity index (χ4n) is 1.21. The van der Waals surface area contributed by atoms with Crippen molar-refractivity contribution in [2.45, 2.75) is 12.0 Å². The molecule has 0 spiro atoms. The van der Waals surface area contributed by atoms with Gasteiger partial charge in [-0.2, -0.15) is 0 Å². The van der Waals surface area contributed by atoms with E-state index in [0.29, 0.717) is 5.21 Å². The second-order valence-electron chi connectivity index (χ2n) is 3.24. The van der Waals surface area contributed by atoms with E-state index in [0.717, 1.165) is 0 Å². The molecule has 1 aliphatic rings. The lowest BCUT2D eigenvalue weighted by Gasteiger charge is -2.20. The zero-order chi connectivity index (χ0) is 6.91. The first-order valence-electron chi connectivity index (χ1n) is 3.56. The minimum absolute atomic E-state index is 0.453. The van der Waals surface area contributed by atoms with Gasteiger partial charge in [-0.15, -0.1) is 0 Å². The zero-order valence-corrected chi connectivity index (χ0v) is 6.52. The van der Waals surface area contributed by atoms with Gasteiger partial charge in [0, 0.05) is 0 Å². The number of hydrogen-bond acceptors (Lipinski definition) is 1. The van der Waals surface area contributed by atoms with Crippen LogP contribution >= 0.6 is 0 Å². The topological polar surface area (TPSA) is 3.24 Å². The minimum atomic E-state index is 0.453. The number of hydrogen-bond donors (Lipinski definition) is 0. The molecule has 0 amide bonds. The summed E-state index contributed by atoms with van der Waals surface area (Å²) in [6.07, 6.45) is 4.47. The lowest BCUT2D eigenvalue weighted by Crippen LogP contribution is -2.24. The van der Waals surface area contributed by atoms with E-state index in [1.807, 2.05) is 0 Å². The third kappa shape index (κ3) is 1.35. The Kier molecular flexibility index (Phi) is 1.65. The number of rotatable bonds is 1. The van der Waals surface area contributed by atoms with Crippen LogP contribution in [0.15, 0.2) is 12.3 Å². The van der Waals surface area contributed by atoms with Crippen molar-refractivity contribution in [1.29, 1.82) is 0 Å². The normalized spacial score (nSPS) is 33.2. The van der Waals surface area contributed by atoms with E-state index in [1.54, 1.807) is 0 Å². The van der Waals surface area contributed by atoms with E-state index in [2.05, 4.69) is 39.7 Å². The Bertz CT molecular complexity index is 136. The van der Waals surface area contributed by atoms with E-state index >= 15 is 0 Å². The Hall–Kier alpha value is -0.265. The lowest BCUT2D eigenvalue weighted by atomic mass is 9.44. The molecule has 9 heavy (non-hydrogen) atoms. The summed E-state index contributed by atoms with van der Waals surface area (Å²) in [4.78, 5) is 2.24. The molecule has 0 aromatic carbocycles. The van der Waals surface area contributed by atoms with Gasteiger partial charge in [0.15, 0.2) is 0 Å². The summed E-state index contributed by atoms with van der Waals surface area (Å²) in [5, 5.41) is 0.453. The summed E-state index contributed by atoms with van der Waals surface area (Å²) in [6, 6.07) is 0. The van der Waals surface area contributed by atoms with Gasteiger partial charge in [0.1, 0.15) is 15.1 Å². The second-order valence-corrected chi connectivity index (χ2v) is 3.24. The smallest absolute Gasteiger partial charge is 0.216 e. The van der Waals surface area contributed by atoms with Crippen molar-refractivity contribution in [3.63, 3.8) is 0 Å². The first-order valence-corrected chi connectivity index (χ1v) is 3.56. The molecule has 0 aliphatic carbocycles. The van der Waals surface area contributed by atoms with Crippen molar-refractivity contribution < 1.29 is 0 Å². The molecule has 1 nitrogen and oxygen atoms in total. The van der Waals surface area contributed by atoms with Crippen molar-refractivity contribution in [2.24, 2.45) is 0 Å². The van der Waals surface area contributed by atoms with E-state index in [1.165, 1.54) is 13.8 Å². The first-order chi connectivity index (χ1) is 4.16. The van der Waals surface area contributed by atoms with Crippen LogP contribution in [0.4, 0.5) is 0 Å².